The van der Waals surface area contributed by atoms with Crippen LogP contribution in [0, 0.1) is 0 Å². The monoisotopic (exact) mass is 224 g/mol. The van der Waals surface area contributed by atoms with Crippen LogP contribution in [0.15, 0.2) is 30.3 Å². The summed E-state index contributed by atoms with van der Waals surface area (Å²) in [6.07, 6.45) is 0.566. The van der Waals surface area contributed by atoms with E-state index in [1.807, 2.05) is 30.3 Å². The lowest BCUT2D eigenvalue weighted by Crippen LogP contribution is -2.24. The molecule has 0 amide bonds. The summed E-state index contributed by atoms with van der Waals surface area (Å²) in [4.78, 5) is 10.5. The number of hydrogen-bond acceptors (Lipinski definition) is 2. The van der Waals surface area contributed by atoms with E-state index >= 15 is 0 Å². The van der Waals surface area contributed by atoms with E-state index in [0.717, 1.165) is 5.56 Å². The highest BCUT2D eigenvalue weighted by Gasteiger charge is 2.23. The molecule has 0 saturated heterocycles. The van der Waals surface area contributed by atoms with Gasteiger partial charge >= 0.3 is 5.97 Å². The second-order valence-corrected chi connectivity index (χ2v) is 4.17. The fraction of sp³-hybridized carbons (Fsp3) is 0.462. The predicted octanol–water partition coefficient (Wildman–Crippen LogP) is 2.91. The van der Waals surface area contributed by atoms with E-state index in [0.29, 0.717) is 6.42 Å². The molecule has 88 valence electrons. The molecule has 0 aliphatic rings. The molecule has 0 spiro atoms. The van der Waals surface area contributed by atoms with E-state index in [1.54, 1.807) is 0 Å². The normalized spacial score (nSPS) is 14.2. The van der Waals surface area contributed by atoms with Gasteiger partial charge in [-0.2, -0.15) is 0 Å². The zero-order valence-electron chi connectivity index (χ0n) is 9.70. The Labute approximate surface area is 95.4 Å². The number of esters is 1. The fourth-order valence-electron chi connectivity index (χ4n) is 1.52. The van der Waals surface area contributed by atoms with Gasteiger partial charge < -0.3 is 4.74 Å². The number of rotatable bonds is 5. The fourth-order valence-corrected chi connectivity index (χ4v) is 1.52. The number of ether oxygens (including phenoxy) is 1. The largest absolute Gasteiger partial charge is 0.466 e. The van der Waals surface area contributed by atoms with Crippen LogP contribution < -0.4 is 0 Å². The highest BCUT2D eigenvalue weighted by Crippen LogP contribution is 2.21. The van der Waals surface area contributed by atoms with Crippen LogP contribution in [0.1, 0.15) is 25.8 Å². The maximum Gasteiger partial charge on any atom is 0.302 e. The first-order valence-corrected chi connectivity index (χ1v) is 5.36. The molecule has 0 heterocycles. The van der Waals surface area contributed by atoms with Gasteiger partial charge in [-0.3, -0.25) is 4.79 Å². The molecule has 0 aromatic heterocycles. The summed E-state index contributed by atoms with van der Waals surface area (Å²) >= 11 is 0. The van der Waals surface area contributed by atoms with Crippen LogP contribution in [-0.2, 0) is 16.0 Å². The first-order valence-electron chi connectivity index (χ1n) is 5.36. The molecule has 3 heteroatoms. The number of carbonyl (C=O) groups excluding carboxylic acids is 1. The Bertz CT molecular complexity index is 333. The topological polar surface area (TPSA) is 26.3 Å². The summed E-state index contributed by atoms with van der Waals surface area (Å²) in [5.74, 6) is -0.365. The number of benzene rings is 1. The van der Waals surface area contributed by atoms with Gasteiger partial charge in [0.15, 0.2) is 0 Å². The second kappa shape index (κ2) is 5.64. The number of alkyl halides is 1. The highest BCUT2D eigenvalue weighted by molar-refractivity contribution is 5.65. The lowest BCUT2D eigenvalue weighted by atomic mass is 9.95. The van der Waals surface area contributed by atoms with E-state index < -0.39 is 5.67 Å². The third kappa shape index (κ3) is 4.91. The van der Waals surface area contributed by atoms with Crippen LogP contribution in [0.2, 0.25) is 0 Å². The minimum atomic E-state index is -1.34. The van der Waals surface area contributed by atoms with Crippen LogP contribution in [0.4, 0.5) is 4.39 Å². The van der Waals surface area contributed by atoms with E-state index in [2.05, 4.69) is 0 Å². The van der Waals surface area contributed by atoms with E-state index in [4.69, 9.17) is 4.74 Å². The summed E-state index contributed by atoms with van der Waals surface area (Å²) in [7, 11) is 0. The molecule has 16 heavy (non-hydrogen) atoms. The van der Waals surface area contributed by atoms with Crippen molar-refractivity contribution in [3.8, 4) is 0 Å². The molecule has 0 saturated carbocycles. The number of carbonyl (C=O) groups is 1. The Morgan fingerprint density at radius 3 is 2.56 bits per heavy atom. The Morgan fingerprint density at radius 1 is 1.38 bits per heavy atom. The molecular weight excluding hydrogens is 207 g/mol. The Hall–Kier alpha value is -1.38. The van der Waals surface area contributed by atoms with Gasteiger partial charge in [0, 0.05) is 19.8 Å². The van der Waals surface area contributed by atoms with Crippen molar-refractivity contribution in [1.82, 2.24) is 0 Å². The molecule has 0 fully saturated rings. The van der Waals surface area contributed by atoms with Crippen molar-refractivity contribution < 1.29 is 13.9 Å². The predicted molar refractivity (Wildman–Crippen MR) is 60.9 cm³/mol. The maximum absolute atomic E-state index is 14.0. The quantitative estimate of drug-likeness (QED) is 0.719. The second-order valence-electron chi connectivity index (χ2n) is 4.17. The van der Waals surface area contributed by atoms with Crippen LogP contribution in [-0.4, -0.2) is 18.2 Å². The standard InChI is InChI=1S/C13H17FO2/c1-11(15)16-9-8-13(2,14)10-12-6-4-3-5-7-12/h3-7H,8-10H2,1-2H3. The molecular formula is C13H17FO2. The summed E-state index contributed by atoms with van der Waals surface area (Å²) in [6, 6.07) is 9.46. The highest BCUT2D eigenvalue weighted by atomic mass is 19.1. The van der Waals surface area contributed by atoms with Crippen LogP contribution >= 0.6 is 0 Å². The molecule has 1 aromatic rings. The average Bonchev–Trinajstić information content (AvgIpc) is 2.17. The van der Waals surface area contributed by atoms with Gasteiger partial charge in [-0.05, 0) is 12.5 Å². The molecule has 1 aromatic carbocycles. The van der Waals surface area contributed by atoms with Gasteiger partial charge in [0.2, 0.25) is 0 Å². The minimum Gasteiger partial charge on any atom is -0.466 e. The molecule has 0 radical (unpaired) electrons. The molecule has 0 aliphatic heterocycles. The molecule has 2 nitrogen and oxygen atoms in total. The number of hydrogen-bond donors (Lipinski definition) is 0. The summed E-state index contributed by atoms with van der Waals surface area (Å²) in [6.45, 7) is 2.99. The van der Waals surface area contributed by atoms with Crippen molar-refractivity contribution >= 4 is 5.97 Å². The third-order valence-electron chi connectivity index (χ3n) is 2.34. The van der Waals surface area contributed by atoms with Gasteiger partial charge in [-0.15, -0.1) is 0 Å². The Morgan fingerprint density at radius 2 is 2.00 bits per heavy atom. The Kier molecular flexibility index (Phi) is 4.47. The van der Waals surface area contributed by atoms with Crippen molar-refractivity contribution in [3.05, 3.63) is 35.9 Å². The van der Waals surface area contributed by atoms with Gasteiger partial charge in [0.05, 0.1) is 6.61 Å². The van der Waals surface area contributed by atoms with Gasteiger partial charge in [-0.25, -0.2) is 4.39 Å². The first-order chi connectivity index (χ1) is 7.49. The van der Waals surface area contributed by atoms with Gasteiger partial charge in [0.25, 0.3) is 0 Å². The number of halogens is 1. The van der Waals surface area contributed by atoms with E-state index in [9.17, 15) is 9.18 Å². The lowest BCUT2D eigenvalue weighted by molar-refractivity contribution is -0.141. The molecule has 1 unspecified atom stereocenters. The summed E-state index contributed by atoms with van der Waals surface area (Å²) < 4.78 is 18.8. The van der Waals surface area contributed by atoms with Crippen LogP contribution in [0.25, 0.3) is 0 Å². The lowest BCUT2D eigenvalue weighted by Gasteiger charge is -2.20. The van der Waals surface area contributed by atoms with Crippen molar-refractivity contribution in [2.75, 3.05) is 6.61 Å². The van der Waals surface area contributed by atoms with Crippen molar-refractivity contribution in [1.29, 1.82) is 0 Å². The molecule has 0 aliphatic carbocycles. The van der Waals surface area contributed by atoms with Gasteiger partial charge in [0.1, 0.15) is 5.67 Å². The van der Waals surface area contributed by atoms with E-state index in [1.165, 1.54) is 13.8 Å². The van der Waals surface area contributed by atoms with Crippen molar-refractivity contribution in [2.24, 2.45) is 0 Å². The summed E-state index contributed by atoms with van der Waals surface area (Å²) in [5, 5.41) is 0. The summed E-state index contributed by atoms with van der Waals surface area (Å²) in [5.41, 5.74) is -0.382. The van der Waals surface area contributed by atoms with Crippen LogP contribution in [0.5, 0.6) is 0 Å². The third-order valence-corrected chi connectivity index (χ3v) is 2.34. The van der Waals surface area contributed by atoms with Crippen molar-refractivity contribution in [2.45, 2.75) is 32.4 Å². The smallest absolute Gasteiger partial charge is 0.302 e. The molecule has 0 N–H and O–H groups in total. The molecule has 1 rings (SSSR count). The average molecular weight is 224 g/mol. The molecule has 0 bridgehead atoms. The minimum absolute atomic E-state index is 0.134. The van der Waals surface area contributed by atoms with Gasteiger partial charge in [-0.1, -0.05) is 30.3 Å². The Balaban J connectivity index is 2.42. The zero-order valence-corrected chi connectivity index (χ0v) is 9.70. The van der Waals surface area contributed by atoms with Crippen molar-refractivity contribution in [3.63, 3.8) is 0 Å². The maximum atomic E-state index is 14.0. The first kappa shape index (κ1) is 12.7. The van der Waals surface area contributed by atoms with E-state index in [-0.39, 0.29) is 19.0 Å². The zero-order chi connectivity index (χ0) is 12.0. The SMILES string of the molecule is CC(=O)OCCC(C)(F)Cc1ccccc1. The van der Waals surface area contributed by atoms with Crippen LogP contribution in [0.3, 0.4) is 0 Å². The molecule has 1 atom stereocenters.